The number of anilines is 1. The Hall–Kier alpha value is -3.49. The second-order valence-corrected chi connectivity index (χ2v) is 4.60. The monoisotopic (exact) mass is 317 g/mol. The highest BCUT2D eigenvalue weighted by molar-refractivity contribution is 6.07. The van der Waals surface area contributed by atoms with Crippen molar-refractivity contribution in [3.05, 3.63) is 68.3 Å². The average Bonchev–Trinajstić information content (AvgIpc) is 2.53. The summed E-state index contributed by atoms with van der Waals surface area (Å²) in [5, 5.41) is 31.1. The first-order chi connectivity index (χ1) is 10.8. The van der Waals surface area contributed by atoms with Gasteiger partial charge in [-0.2, -0.15) is 0 Å². The fraction of sp³-hybridized carbons (Fsp3) is 0.0714. The number of phenolic OH excluding ortho intramolecular Hbond substituents is 1. The van der Waals surface area contributed by atoms with Crippen molar-refractivity contribution in [2.75, 3.05) is 11.9 Å². The molecule has 2 rings (SSSR count). The van der Waals surface area contributed by atoms with Gasteiger partial charge in [0, 0.05) is 37.0 Å². The maximum Gasteiger partial charge on any atom is 0.270 e. The van der Waals surface area contributed by atoms with Gasteiger partial charge < -0.3 is 10.0 Å². The highest BCUT2D eigenvalue weighted by atomic mass is 16.6. The Morgan fingerprint density at radius 3 is 2.04 bits per heavy atom. The largest absolute Gasteiger partial charge is 0.507 e. The van der Waals surface area contributed by atoms with Crippen LogP contribution in [0.25, 0.3) is 0 Å². The number of aromatic hydroxyl groups is 1. The number of nitro groups is 2. The number of hydrogen-bond donors (Lipinski definition) is 1. The van der Waals surface area contributed by atoms with E-state index in [4.69, 9.17) is 0 Å². The summed E-state index contributed by atoms with van der Waals surface area (Å²) in [4.78, 5) is 33.6. The molecule has 0 bridgehead atoms. The van der Waals surface area contributed by atoms with Crippen LogP contribution in [0.5, 0.6) is 5.75 Å². The van der Waals surface area contributed by atoms with Crippen molar-refractivity contribution in [1.82, 2.24) is 0 Å². The number of carbonyl (C=O) groups excluding carboxylic acids is 1. The van der Waals surface area contributed by atoms with Gasteiger partial charge in [-0.1, -0.05) is 0 Å². The molecule has 0 aromatic heterocycles. The Balaban J connectivity index is 2.34. The third-order valence-corrected chi connectivity index (χ3v) is 3.17. The van der Waals surface area contributed by atoms with Crippen molar-refractivity contribution in [3.8, 4) is 5.75 Å². The fourth-order valence-electron chi connectivity index (χ4n) is 1.90. The lowest BCUT2D eigenvalue weighted by Gasteiger charge is -2.17. The summed E-state index contributed by atoms with van der Waals surface area (Å²) in [5.41, 5.74) is -0.359. The van der Waals surface area contributed by atoms with Crippen LogP contribution in [0.3, 0.4) is 0 Å². The van der Waals surface area contributed by atoms with Crippen LogP contribution in [-0.4, -0.2) is 27.9 Å². The summed E-state index contributed by atoms with van der Waals surface area (Å²) in [6, 6.07) is 8.31. The molecule has 0 atom stereocenters. The lowest BCUT2D eigenvalue weighted by Crippen LogP contribution is -2.26. The molecule has 0 aliphatic carbocycles. The molecule has 0 aliphatic heterocycles. The Morgan fingerprint density at radius 1 is 1.00 bits per heavy atom. The van der Waals surface area contributed by atoms with Crippen molar-refractivity contribution >= 4 is 23.0 Å². The van der Waals surface area contributed by atoms with E-state index in [1.807, 2.05) is 0 Å². The smallest absolute Gasteiger partial charge is 0.270 e. The molecule has 0 fully saturated rings. The Morgan fingerprint density at radius 2 is 1.52 bits per heavy atom. The molecular formula is C14H11N3O6. The quantitative estimate of drug-likeness (QED) is 0.681. The maximum atomic E-state index is 12.4. The van der Waals surface area contributed by atoms with E-state index in [0.717, 1.165) is 23.1 Å². The number of hydrogen-bond acceptors (Lipinski definition) is 6. The van der Waals surface area contributed by atoms with E-state index >= 15 is 0 Å². The van der Waals surface area contributed by atoms with Gasteiger partial charge in [-0.25, -0.2) is 0 Å². The molecule has 0 saturated carbocycles. The number of phenols is 1. The number of nitro benzene ring substituents is 2. The number of amides is 1. The molecule has 9 nitrogen and oxygen atoms in total. The third-order valence-electron chi connectivity index (χ3n) is 3.17. The van der Waals surface area contributed by atoms with Gasteiger partial charge in [-0.3, -0.25) is 25.0 Å². The topological polar surface area (TPSA) is 127 Å². The molecule has 0 heterocycles. The van der Waals surface area contributed by atoms with E-state index in [9.17, 15) is 30.1 Å². The zero-order valence-electron chi connectivity index (χ0n) is 11.9. The highest BCUT2D eigenvalue weighted by Gasteiger charge is 2.21. The second kappa shape index (κ2) is 6.10. The Labute approximate surface area is 129 Å². The van der Waals surface area contributed by atoms with Crippen molar-refractivity contribution in [2.45, 2.75) is 0 Å². The summed E-state index contributed by atoms with van der Waals surface area (Å²) in [5.74, 6) is -1.07. The minimum absolute atomic E-state index is 0.132. The van der Waals surface area contributed by atoms with Gasteiger partial charge in [0.1, 0.15) is 5.75 Å². The Bertz CT molecular complexity index is 788. The predicted octanol–water partition coefficient (Wildman–Crippen LogP) is 2.49. The van der Waals surface area contributed by atoms with Crippen molar-refractivity contribution in [1.29, 1.82) is 0 Å². The van der Waals surface area contributed by atoms with E-state index in [2.05, 4.69) is 0 Å². The molecule has 23 heavy (non-hydrogen) atoms. The average molecular weight is 317 g/mol. The zero-order valence-corrected chi connectivity index (χ0v) is 11.9. The number of non-ortho nitro benzene ring substituents is 2. The number of benzene rings is 2. The number of carbonyl (C=O) groups is 1. The van der Waals surface area contributed by atoms with Crippen LogP contribution >= 0.6 is 0 Å². The summed E-state index contributed by atoms with van der Waals surface area (Å²) in [6.45, 7) is 0. The standard InChI is InChI=1S/C14H11N3O6/c1-15(9-2-4-10(5-3-9)16(20)21)14(19)12-8-11(17(22)23)6-7-13(12)18/h2-8,18H,1H3. The van der Waals surface area contributed by atoms with E-state index < -0.39 is 21.5 Å². The molecular weight excluding hydrogens is 306 g/mol. The minimum Gasteiger partial charge on any atom is -0.507 e. The van der Waals surface area contributed by atoms with Crippen LogP contribution in [0.1, 0.15) is 10.4 Å². The maximum absolute atomic E-state index is 12.4. The second-order valence-electron chi connectivity index (χ2n) is 4.60. The Kier molecular flexibility index (Phi) is 4.21. The van der Waals surface area contributed by atoms with Crippen LogP contribution in [-0.2, 0) is 0 Å². The minimum atomic E-state index is -0.681. The van der Waals surface area contributed by atoms with E-state index in [-0.39, 0.29) is 16.9 Å². The van der Waals surface area contributed by atoms with Gasteiger partial charge in [0.2, 0.25) is 0 Å². The first-order valence-corrected chi connectivity index (χ1v) is 6.31. The van der Waals surface area contributed by atoms with Gasteiger partial charge in [0.05, 0.1) is 15.4 Å². The molecule has 1 amide bonds. The molecule has 2 aromatic rings. The predicted molar refractivity (Wildman–Crippen MR) is 80.6 cm³/mol. The number of nitrogens with zero attached hydrogens (tertiary/aromatic N) is 3. The van der Waals surface area contributed by atoms with Gasteiger partial charge in [-0.15, -0.1) is 0 Å². The summed E-state index contributed by atoms with van der Waals surface area (Å²) < 4.78 is 0. The fourth-order valence-corrected chi connectivity index (χ4v) is 1.90. The lowest BCUT2D eigenvalue weighted by molar-refractivity contribution is -0.385. The van der Waals surface area contributed by atoms with Crippen LogP contribution in [0.4, 0.5) is 17.1 Å². The van der Waals surface area contributed by atoms with E-state index in [1.54, 1.807) is 0 Å². The molecule has 9 heteroatoms. The normalized spacial score (nSPS) is 10.1. The summed E-state index contributed by atoms with van der Waals surface area (Å²) in [6.07, 6.45) is 0. The van der Waals surface area contributed by atoms with Crippen molar-refractivity contribution < 1.29 is 19.7 Å². The van der Waals surface area contributed by atoms with Crippen molar-refractivity contribution in [3.63, 3.8) is 0 Å². The summed E-state index contributed by atoms with van der Waals surface area (Å²) >= 11 is 0. The van der Waals surface area contributed by atoms with E-state index in [0.29, 0.717) is 5.69 Å². The number of rotatable bonds is 4. The van der Waals surface area contributed by atoms with Crippen LogP contribution in [0.15, 0.2) is 42.5 Å². The molecule has 2 aromatic carbocycles. The van der Waals surface area contributed by atoms with Crippen LogP contribution in [0.2, 0.25) is 0 Å². The zero-order chi connectivity index (χ0) is 17.1. The van der Waals surface area contributed by atoms with Gasteiger partial charge in [0.15, 0.2) is 0 Å². The van der Waals surface area contributed by atoms with Gasteiger partial charge >= 0.3 is 0 Å². The molecule has 0 unspecified atom stereocenters. The van der Waals surface area contributed by atoms with Crippen LogP contribution < -0.4 is 4.90 Å². The molecule has 0 spiro atoms. The molecule has 0 aliphatic rings. The first kappa shape index (κ1) is 15.9. The molecule has 1 N–H and O–H groups in total. The van der Waals surface area contributed by atoms with Crippen LogP contribution in [0, 0.1) is 20.2 Å². The summed E-state index contributed by atoms with van der Waals surface area (Å²) in [7, 11) is 1.39. The highest BCUT2D eigenvalue weighted by Crippen LogP contribution is 2.26. The van der Waals surface area contributed by atoms with Gasteiger partial charge in [-0.05, 0) is 18.2 Å². The first-order valence-electron chi connectivity index (χ1n) is 6.31. The van der Waals surface area contributed by atoms with Gasteiger partial charge in [0.25, 0.3) is 17.3 Å². The SMILES string of the molecule is CN(C(=O)c1cc([N+](=O)[O-])ccc1O)c1ccc([N+](=O)[O-])cc1. The molecule has 0 saturated heterocycles. The molecule has 118 valence electrons. The third kappa shape index (κ3) is 3.23. The van der Waals surface area contributed by atoms with Crippen molar-refractivity contribution in [2.24, 2.45) is 0 Å². The van der Waals surface area contributed by atoms with E-state index in [1.165, 1.54) is 31.3 Å². The molecule has 0 radical (unpaired) electrons. The lowest BCUT2D eigenvalue weighted by atomic mass is 10.1.